The molecule has 1 unspecified atom stereocenters. The maximum Gasteiger partial charge on any atom is 0.139 e. The average Bonchev–Trinajstić information content (AvgIpc) is 2.44. The normalized spacial score (nSPS) is 15.8. The monoisotopic (exact) mass is 291 g/mol. The number of rotatable bonds is 4. The number of hydrogen-bond acceptors (Lipinski definition) is 3. The van der Waals surface area contributed by atoms with Gasteiger partial charge >= 0.3 is 0 Å². The van der Waals surface area contributed by atoms with Crippen molar-refractivity contribution in [3.8, 4) is 0 Å². The van der Waals surface area contributed by atoms with Gasteiger partial charge in [0, 0.05) is 18.8 Å². The molecule has 0 radical (unpaired) electrons. The first-order valence-corrected chi connectivity index (χ1v) is 7.88. The number of pyridine rings is 1. The molecule has 0 fully saturated rings. The maximum absolute atomic E-state index is 5.93. The van der Waals surface area contributed by atoms with Crippen LogP contribution in [0.2, 0.25) is 0 Å². The summed E-state index contributed by atoms with van der Waals surface area (Å²) in [5.41, 5.74) is 9.41. The Kier molecular flexibility index (Phi) is 4.63. The first-order valence-electron chi connectivity index (χ1n) is 7.47. The Labute approximate surface area is 127 Å². The molecule has 2 N–H and O–H groups in total. The van der Waals surface area contributed by atoms with E-state index in [9.17, 15) is 0 Å². The van der Waals surface area contributed by atoms with E-state index in [-0.39, 0.29) is 0 Å². The van der Waals surface area contributed by atoms with E-state index in [1.165, 1.54) is 24.1 Å². The number of anilines is 1. The number of fused-ring (bicyclic) bond motifs is 1. The van der Waals surface area contributed by atoms with Gasteiger partial charge in [0.1, 0.15) is 10.8 Å². The molecule has 0 aromatic carbocycles. The summed E-state index contributed by atoms with van der Waals surface area (Å²) in [7, 11) is 2.09. The summed E-state index contributed by atoms with van der Waals surface area (Å²) in [4.78, 5) is 7.56. The van der Waals surface area contributed by atoms with Crippen LogP contribution in [0.15, 0.2) is 6.07 Å². The van der Waals surface area contributed by atoms with Crippen molar-refractivity contribution in [3.63, 3.8) is 0 Å². The Balaban J connectivity index is 2.47. The van der Waals surface area contributed by atoms with Crippen molar-refractivity contribution in [3.05, 3.63) is 22.9 Å². The maximum atomic E-state index is 5.93. The Hall–Kier alpha value is -1.16. The molecule has 1 heterocycles. The summed E-state index contributed by atoms with van der Waals surface area (Å²) in [6.45, 7) is 6.66. The summed E-state index contributed by atoms with van der Waals surface area (Å²) in [5.74, 6) is 1.50. The Morgan fingerprint density at radius 3 is 2.55 bits per heavy atom. The molecule has 1 atom stereocenters. The molecule has 2 rings (SSSR count). The van der Waals surface area contributed by atoms with Crippen molar-refractivity contribution in [2.75, 3.05) is 11.9 Å². The van der Waals surface area contributed by atoms with Gasteiger partial charge in [0.2, 0.25) is 0 Å². The van der Waals surface area contributed by atoms with Crippen LogP contribution < -0.4 is 10.6 Å². The van der Waals surface area contributed by atoms with Gasteiger partial charge in [0.15, 0.2) is 0 Å². The van der Waals surface area contributed by atoms with Gasteiger partial charge in [-0.2, -0.15) is 0 Å². The van der Waals surface area contributed by atoms with Crippen molar-refractivity contribution in [1.29, 1.82) is 0 Å². The predicted molar refractivity (Wildman–Crippen MR) is 89.5 cm³/mol. The number of hydrogen-bond donors (Lipinski definition) is 1. The highest BCUT2D eigenvalue weighted by molar-refractivity contribution is 7.80. The van der Waals surface area contributed by atoms with E-state index in [2.05, 4.69) is 38.8 Å². The van der Waals surface area contributed by atoms with E-state index in [1.54, 1.807) is 0 Å². The van der Waals surface area contributed by atoms with Crippen LogP contribution in [-0.2, 0) is 12.8 Å². The van der Waals surface area contributed by atoms with E-state index in [0.717, 1.165) is 24.2 Å². The standard InChI is InChI=1S/C16H25N3S/c1-10(2)11(3)19(4)16-13(15(17)20)9-12-7-5-6-8-14(12)18-16/h9-11H,5-8H2,1-4H3,(H2,17,20). The molecule has 0 bridgehead atoms. The van der Waals surface area contributed by atoms with Gasteiger partial charge in [-0.25, -0.2) is 4.98 Å². The fourth-order valence-electron chi connectivity index (χ4n) is 2.71. The third-order valence-electron chi connectivity index (χ3n) is 4.46. The Bertz CT molecular complexity index is 511. The number of nitrogens with two attached hydrogens (primary N) is 1. The molecule has 20 heavy (non-hydrogen) atoms. The van der Waals surface area contributed by atoms with E-state index in [1.807, 2.05) is 0 Å². The molecule has 1 aromatic heterocycles. The molecule has 1 aliphatic rings. The lowest BCUT2D eigenvalue weighted by Gasteiger charge is -2.31. The first-order chi connectivity index (χ1) is 9.41. The van der Waals surface area contributed by atoms with Crippen LogP contribution in [0.1, 0.15) is 50.4 Å². The van der Waals surface area contributed by atoms with Gasteiger partial charge in [-0.3, -0.25) is 0 Å². The molecule has 0 spiro atoms. The van der Waals surface area contributed by atoms with E-state index < -0.39 is 0 Å². The van der Waals surface area contributed by atoms with Crippen LogP contribution >= 0.6 is 12.2 Å². The highest BCUT2D eigenvalue weighted by Crippen LogP contribution is 2.28. The second-order valence-electron chi connectivity index (χ2n) is 6.13. The second-order valence-corrected chi connectivity index (χ2v) is 6.57. The Morgan fingerprint density at radius 2 is 1.95 bits per heavy atom. The predicted octanol–water partition coefficient (Wildman–Crippen LogP) is 3.08. The van der Waals surface area contributed by atoms with Crippen LogP contribution in [0.4, 0.5) is 5.82 Å². The molecule has 4 heteroatoms. The van der Waals surface area contributed by atoms with Crippen LogP contribution in [0, 0.1) is 5.92 Å². The van der Waals surface area contributed by atoms with Gasteiger partial charge in [-0.05, 0) is 50.2 Å². The molecular weight excluding hydrogens is 266 g/mol. The SMILES string of the molecule is CC(C)C(C)N(C)c1nc2c(cc1C(N)=S)CCCC2. The summed E-state index contributed by atoms with van der Waals surface area (Å²) in [6, 6.07) is 2.57. The van der Waals surface area contributed by atoms with Gasteiger partial charge in [-0.1, -0.05) is 26.1 Å². The zero-order valence-corrected chi connectivity index (χ0v) is 13.8. The highest BCUT2D eigenvalue weighted by Gasteiger charge is 2.22. The Morgan fingerprint density at radius 1 is 1.30 bits per heavy atom. The average molecular weight is 291 g/mol. The molecule has 1 aliphatic carbocycles. The lowest BCUT2D eigenvalue weighted by molar-refractivity contribution is 0.501. The zero-order chi connectivity index (χ0) is 14.9. The zero-order valence-electron chi connectivity index (χ0n) is 12.9. The van der Waals surface area contributed by atoms with Gasteiger partial charge < -0.3 is 10.6 Å². The van der Waals surface area contributed by atoms with Crippen molar-refractivity contribution in [2.45, 2.75) is 52.5 Å². The fourth-order valence-corrected chi connectivity index (χ4v) is 2.86. The van der Waals surface area contributed by atoms with Crippen LogP contribution in [-0.4, -0.2) is 23.1 Å². The second kappa shape index (κ2) is 6.08. The van der Waals surface area contributed by atoms with E-state index in [4.69, 9.17) is 22.9 Å². The minimum Gasteiger partial charge on any atom is -0.389 e. The van der Waals surface area contributed by atoms with E-state index >= 15 is 0 Å². The number of aryl methyl sites for hydroxylation is 2. The van der Waals surface area contributed by atoms with Crippen molar-refractivity contribution in [1.82, 2.24) is 4.98 Å². The summed E-state index contributed by atoms with van der Waals surface area (Å²) < 4.78 is 0. The van der Waals surface area contributed by atoms with Gasteiger partial charge in [-0.15, -0.1) is 0 Å². The minimum atomic E-state index is 0.400. The van der Waals surface area contributed by atoms with Crippen molar-refractivity contribution in [2.24, 2.45) is 11.7 Å². The lowest BCUT2D eigenvalue weighted by Crippen LogP contribution is -2.36. The van der Waals surface area contributed by atoms with Crippen molar-refractivity contribution >= 4 is 23.0 Å². The summed E-state index contributed by atoms with van der Waals surface area (Å²) in [6.07, 6.45) is 4.64. The molecule has 0 amide bonds. The van der Waals surface area contributed by atoms with Gasteiger partial charge in [0.25, 0.3) is 0 Å². The minimum absolute atomic E-state index is 0.400. The molecular formula is C16H25N3S. The van der Waals surface area contributed by atoms with Crippen molar-refractivity contribution < 1.29 is 0 Å². The summed E-state index contributed by atoms with van der Waals surface area (Å²) >= 11 is 5.24. The summed E-state index contributed by atoms with van der Waals surface area (Å²) in [5, 5.41) is 0. The van der Waals surface area contributed by atoms with Gasteiger partial charge in [0.05, 0.1) is 5.56 Å². The fraction of sp³-hybridized carbons (Fsp3) is 0.625. The van der Waals surface area contributed by atoms with E-state index in [0.29, 0.717) is 16.9 Å². The molecule has 3 nitrogen and oxygen atoms in total. The molecule has 0 saturated carbocycles. The molecule has 0 aliphatic heterocycles. The molecule has 1 aromatic rings. The largest absolute Gasteiger partial charge is 0.389 e. The third kappa shape index (κ3) is 2.95. The van der Waals surface area contributed by atoms with Crippen LogP contribution in [0.3, 0.4) is 0 Å². The number of thiocarbonyl (C=S) groups is 1. The van der Waals surface area contributed by atoms with Crippen LogP contribution in [0.5, 0.6) is 0 Å². The number of nitrogens with zero attached hydrogens (tertiary/aromatic N) is 2. The first kappa shape index (κ1) is 15.2. The smallest absolute Gasteiger partial charge is 0.139 e. The molecule has 0 saturated heterocycles. The number of aromatic nitrogens is 1. The topological polar surface area (TPSA) is 42.2 Å². The lowest BCUT2D eigenvalue weighted by atomic mass is 9.94. The highest BCUT2D eigenvalue weighted by atomic mass is 32.1. The van der Waals surface area contributed by atoms with Crippen LogP contribution in [0.25, 0.3) is 0 Å². The third-order valence-corrected chi connectivity index (χ3v) is 4.68. The molecule has 110 valence electrons. The quantitative estimate of drug-likeness (QED) is 0.866.